The van der Waals surface area contributed by atoms with Crippen LogP contribution in [0.25, 0.3) is 0 Å². The third kappa shape index (κ3) is 3.15. The van der Waals surface area contributed by atoms with E-state index in [0.29, 0.717) is 23.7 Å². The lowest BCUT2D eigenvalue weighted by Crippen LogP contribution is -2.36. The zero-order valence-electron chi connectivity index (χ0n) is 15.5. The number of nitrogens with zero attached hydrogens (tertiary/aromatic N) is 7. The molecule has 3 heterocycles. The number of rotatable bonds is 5. The fraction of sp³-hybridized carbons (Fsp3) is 0.765. The van der Waals surface area contributed by atoms with Crippen LogP contribution in [0.15, 0.2) is 0 Å². The third-order valence-electron chi connectivity index (χ3n) is 6.00. The van der Waals surface area contributed by atoms with Gasteiger partial charge in [0.2, 0.25) is 0 Å². The van der Waals surface area contributed by atoms with Crippen LogP contribution >= 0.6 is 0 Å². The molecule has 0 spiro atoms. The molecule has 9 heteroatoms. The van der Waals surface area contributed by atoms with E-state index in [2.05, 4.69) is 36.9 Å². The predicted molar refractivity (Wildman–Crippen MR) is 95.1 cm³/mol. The van der Waals surface area contributed by atoms with E-state index in [9.17, 15) is 5.11 Å². The molecule has 1 saturated heterocycles. The highest BCUT2D eigenvalue weighted by atomic mass is 16.3. The Hall–Kier alpha value is -1.84. The lowest BCUT2D eigenvalue weighted by Gasteiger charge is -2.32. The minimum absolute atomic E-state index is 0.0667. The van der Waals surface area contributed by atoms with Gasteiger partial charge in [-0.3, -0.25) is 4.90 Å². The molecule has 26 heavy (non-hydrogen) atoms. The Morgan fingerprint density at radius 2 is 1.50 bits per heavy atom. The molecule has 142 valence electrons. The highest BCUT2D eigenvalue weighted by molar-refractivity contribution is 5.08. The van der Waals surface area contributed by atoms with Crippen molar-refractivity contribution in [1.82, 2.24) is 34.4 Å². The van der Waals surface area contributed by atoms with E-state index in [0.717, 1.165) is 62.8 Å². The Bertz CT molecular complexity index is 755. The molecule has 2 aromatic rings. The van der Waals surface area contributed by atoms with Crippen molar-refractivity contribution in [2.75, 3.05) is 13.1 Å². The SMILES string of the molecule is Cn1c(CO)nnc1C1CCN(Cc2nnc(C3CC(N)C3)n2C)CC1. The van der Waals surface area contributed by atoms with E-state index in [1.807, 2.05) is 11.6 Å². The van der Waals surface area contributed by atoms with E-state index in [1.165, 1.54) is 0 Å². The van der Waals surface area contributed by atoms with Crippen molar-refractivity contribution in [2.45, 2.75) is 56.7 Å². The molecule has 1 aliphatic heterocycles. The first-order chi connectivity index (χ1) is 12.6. The van der Waals surface area contributed by atoms with Gasteiger partial charge in [-0.1, -0.05) is 0 Å². The first-order valence-corrected chi connectivity index (χ1v) is 9.42. The first-order valence-electron chi connectivity index (χ1n) is 9.42. The van der Waals surface area contributed by atoms with Crippen LogP contribution in [-0.4, -0.2) is 58.7 Å². The molecule has 0 aromatic carbocycles. The van der Waals surface area contributed by atoms with Gasteiger partial charge in [-0.25, -0.2) is 0 Å². The van der Waals surface area contributed by atoms with Gasteiger partial charge in [-0.2, -0.15) is 0 Å². The van der Waals surface area contributed by atoms with Gasteiger partial charge in [0.05, 0.1) is 6.54 Å². The summed E-state index contributed by atoms with van der Waals surface area (Å²) in [6.07, 6.45) is 4.12. The molecule has 0 bridgehead atoms. The maximum Gasteiger partial charge on any atom is 0.158 e. The minimum Gasteiger partial charge on any atom is -0.388 e. The van der Waals surface area contributed by atoms with Gasteiger partial charge in [-0.05, 0) is 38.8 Å². The Morgan fingerprint density at radius 1 is 0.923 bits per heavy atom. The fourth-order valence-electron chi connectivity index (χ4n) is 4.16. The van der Waals surface area contributed by atoms with Crippen LogP contribution in [0.1, 0.15) is 60.8 Å². The van der Waals surface area contributed by atoms with E-state index in [4.69, 9.17) is 5.73 Å². The zero-order valence-corrected chi connectivity index (χ0v) is 15.5. The van der Waals surface area contributed by atoms with Crippen molar-refractivity contribution in [3.63, 3.8) is 0 Å². The van der Waals surface area contributed by atoms with E-state index in [1.54, 1.807) is 0 Å². The second-order valence-electron chi connectivity index (χ2n) is 7.70. The van der Waals surface area contributed by atoms with Crippen molar-refractivity contribution in [1.29, 1.82) is 0 Å². The molecule has 9 nitrogen and oxygen atoms in total. The predicted octanol–water partition coefficient (Wildman–Crippen LogP) is 0.0202. The van der Waals surface area contributed by atoms with Gasteiger partial charge >= 0.3 is 0 Å². The van der Waals surface area contributed by atoms with Gasteiger partial charge in [0, 0.05) is 32.0 Å². The normalized spacial score (nSPS) is 24.8. The molecule has 1 saturated carbocycles. The monoisotopic (exact) mass is 360 g/mol. The van der Waals surface area contributed by atoms with Crippen LogP contribution in [0.2, 0.25) is 0 Å². The summed E-state index contributed by atoms with van der Waals surface area (Å²) in [6.45, 7) is 2.77. The largest absolute Gasteiger partial charge is 0.388 e. The molecular weight excluding hydrogens is 332 g/mol. The Labute approximate surface area is 153 Å². The second-order valence-corrected chi connectivity index (χ2v) is 7.70. The summed E-state index contributed by atoms with van der Waals surface area (Å²) in [7, 11) is 4.00. The van der Waals surface area contributed by atoms with Crippen molar-refractivity contribution in [3.8, 4) is 0 Å². The lowest BCUT2D eigenvalue weighted by molar-refractivity contribution is 0.193. The summed E-state index contributed by atoms with van der Waals surface area (Å²) in [5.41, 5.74) is 5.90. The standard InChI is InChI=1S/C17H28N8O/c1-23-14(19-22-17(23)12-7-13(18)8-12)9-25-5-3-11(4-6-25)16-21-20-15(10-26)24(16)2/h11-13,26H,3-10,18H2,1-2H3. The maximum atomic E-state index is 9.29. The number of nitrogens with two attached hydrogens (primary N) is 1. The summed E-state index contributed by atoms with van der Waals surface area (Å²) < 4.78 is 4.08. The zero-order chi connectivity index (χ0) is 18.3. The number of piperidine rings is 1. The van der Waals surface area contributed by atoms with Crippen LogP contribution in [0, 0.1) is 0 Å². The molecule has 2 fully saturated rings. The maximum absolute atomic E-state index is 9.29. The number of aliphatic hydroxyl groups excluding tert-OH is 1. The van der Waals surface area contributed by atoms with Crippen molar-refractivity contribution < 1.29 is 5.11 Å². The first kappa shape index (κ1) is 17.6. The number of hydrogen-bond acceptors (Lipinski definition) is 7. The average molecular weight is 360 g/mol. The van der Waals surface area contributed by atoms with Gasteiger partial charge in [0.25, 0.3) is 0 Å². The van der Waals surface area contributed by atoms with Crippen LogP contribution in [0.4, 0.5) is 0 Å². The molecule has 0 radical (unpaired) electrons. The topological polar surface area (TPSA) is 111 Å². The molecule has 1 aliphatic carbocycles. The number of aliphatic hydroxyl groups is 1. The van der Waals surface area contributed by atoms with E-state index in [-0.39, 0.29) is 6.61 Å². The quantitative estimate of drug-likeness (QED) is 0.773. The Kier molecular flexibility index (Phi) is 4.76. The fourth-order valence-corrected chi connectivity index (χ4v) is 4.16. The highest BCUT2D eigenvalue weighted by Crippen LogP contribution is 2.34. The van der Waals surface area contributed by atoms with Crippen molar-refractivity contribution >= 4 is 0 Å². The summed E-state index contributed by atoms with van der Waals surface area (Å²) in [4.78, 5) is 2.43. The van der Waals surface area contributed by atoms with Gasteiger partial charge < -0.3 is 20.0 Å². The average Bonchev–Trinajstić information content (AvgIpc) is 3.16. The van der Waals surface area contributed by atoms with E-state index < -0.39 is 0 Å². The van der Waals surface area contributed by atoms with E-state index >= 15 is 0 Å². The Balaban J connectivity index is 1.35. The lowest BCUT2D eigenvalue weighted by atomic mass is 9.80. The number of hydrogen-bond donors (Lipinski definition) is 2. The van der Waals surface area contributed by atoms with Gasteiger partial charge in [0.15, 0.2) is 5.82 Å². The minimum atomic E-state index is -0.0667. The second kappa shape index (κ2) is 7.05. The van der Waals surface area contributed by atoms with Crippen molar-refractivity contribution in [2.24, 2.45) is 19.8 Å². The van der Waals surface area contributed by atoms with Crippen LogP contribution in [-0.2, 0) is 27.2 Å². The summed E-state index contributed by atoms with van der Waals surface area (Å²) in [5.74, 6) is 4.59. The van der Waals surface area contributed by atoms with Crippen molar-refractivity contribution in [3.05, 3.63) is 23.3 Å². The molecule has 0 amide bonds. The van der Waals surface area contributed by atoms with Gasteiger partial charge in [0.1, 0.15) is 24.1 Å². The molecular formula is C17H28N8O. The number of aromatic nitrogens is 6. The molecule has 2 aromatic heterocycles. The third-order valence-corrected chi connectivity index (χ3v) is 6.00. The Morgan fingerprint density at radius 3 is 2.08 bits per heavy atom. The molecule has 3 N–H and O–H groups in total. The summed E-state index contributed by atoms with van der Waals surface area (Å²) in [5, 5.41) is 26.5. The molecule has 0 unspecified atom stereocenters. The van der Waals surface area contributed by atoms with Gasteiger partial charge in [-0.15, -0.1) is 20.4 Å². The summed E-state index contributed by atoms with van der Waals surface area (Å²) >= 11 is 0. The molecule has 0 atom stereocenters. The van der Waals surface area contributed by atoms with Crippen LogP contribution < -0.4 is 5.73 Å². The van der Waals surface area contributed by atoms with Crippen LogP contribution in [0.3, 0.4) is 0 Å². The number of likely N-dealkylation sites (tertiary alicyclic amines) is 1. The highest BCUT2D eigenvalue weighted by Gasteiger charge is 2.32. The van der Waals surface area contributed by atoms with Crippen LogP contribution in [0.5, 0.6) is 0 Å². The molecule has 2 aliphatic rings. The molecule has 4 rings (SSSR count). The smallest absolute Gasteiger partial charge is 0.158 e. The summed E-state index contributed by atoms with van der Waals surface area (Å²) in [6, 6.07) is 0.325.